The van der Waals surface area contributed by atoms with Gasteiger partial charge in [0, 0.05) is 7.11 Å². The van der Waals surface area contributed by atoms with Crippen LogP contribution in [-0.2, 0) is 89.3 Å². The lowest BCUT2D eigenvalue weighted by Gasteiger charge is -2.27. The first-order valence-electron chi connectivity index (χ1n) is 28.1. The van der Waals surface area contributed by atoms with Crippen LogP contribution >= 0.6 is 39.1 Å². The number of hydrogen-bond donors (Lipinski definition) is 17. The van der Waals surface area contributed by atoms with Crippen molar-refractivity contribution in [2.75, 3.05) is 56.5 Å². The lowest BCUT2D eigenvalue weighted by Crippen LogP contribution is -2.53. The molecule has 4 fully saturated rings. The monoisotopic (exact) mass is 1510 g/mol. The van der Waals surface area contributed by atoms with Gasteiger partial charge in [0.25, 0.3) is 22.6 Å². The zero-order valence-electron chi connectivity index (χ0n) is 50.3. The summed E-state index contributed by atoms with van der Waals surface area (Å²) in [7, 11) is -27.4. The van der Waals surface area contributed by atoms with Gasteiger partial charge in [-0.2, -0.15) is 18.6 Å². The van der Waals surface area contributed by atoms with Crippen molar-refractivity contribution >= 4 is 107 Å². The predicted molar refractivity (Wildman–Crippen MR) is 317 cm³/mol. The van der Waals surface area contributed by atoms with E-state index in [1.54, 1.807) is 0 Å². The number of methoxy groups -OCH3 is 1. The van der Waals surface area contributed by atoms with E-state index in [4.69, 9.17) is 73.8 Å². The number of phosphoric acid groups is 5. The highest BCUT2D eigenvalue weighted by atomic mass is 31.3. The van der Waals surface area contributed by atoms with E-state index in [9.17, 15) is 87.2 Å². The minimum absolute atomic E-state index is 0.0340. The topological polar surface area (TPSA) is 737 Å². The zero-order valence-corrected chi connectivity index (χ0v) is 54.8. The molecule has 0 spiro atoms. The van der Waals surface area contributed by atoms with Crippen molar-refractivity contribution in [2.45, 2.75) is 105 Å². The van der Waals surface area contributed by atoms with E-state index in [0.717, 1.165) is 57.6 Å². The molecule has 8 aromatic rings. The van der Waals surface area contributed by atoms with Crippen molar-refractivity contribution < 1.29 is 137 Å². The second-order valence-corrected chi connectivity index (χ2v) is 29.7. The number of aryl methyl sites for hydroxylation is 1. The summed E-state index contributed by atoms with van der Waals surface area (Å²) in [5, 5.41) is 56.2. The number of hydrogen-bond acceptors (Lipinski definition) is 38. The second-order valence-electron chi connectivity index (χ2n) is 22.3. The number of aromatic amines is 3. The van der Waals surface area contributed by atoms with Gasteiger partial charge in [-0.25, -0.2) is 52.3 Å². The average molecular weight is 1510 g/mol. The fourth-order valence-corrected chi connectivity index (χ4v) is 16.7. The van der Waals surface area contributed by atoms with Crippen molar-refractivity contribution in [2.24, 2.45) is 7.05 Å². The van der Waals surface area contributed by atoms with Gasteiger partial charge in [-0.3, -0.25) is 74.7 Å². The minimum Gasteiger partial charge on any atom is -0.387 e. The van der Waals surface area contributed by atoms with Crippen LogP contribution in [0.4, 0.5) is 23.7 Å². The lowest BCUT2D eigenvalue weighted by molar-refractivity contribution is -0.752. The number of H-pyrrole nitrogens is 3. The molecule has 51 nitrogen and oxygen atoms in total. The predicted octanol–water partition coefficient (Wildman–Crippen LogP) is -5.84. The molecule has 0 radical (unpaired) electrons. The number of nitrogen functional groups attached to an aromatic ring is 4. The van der Waals surface area contributed by atoms with Crippen molar-refractivity contribution in [3.63, 3.8) is 0 Å². The molecule has 21 atom stereocenters. The minimum atomic E-state index is -6.34. The van der Waals surface area contributed by atoms with E-state index in [0.29, 0.717) is 0 Å². The van der Waals surface area contributed by atoms with Gasteiger partial charge in [0.15, 0.2) is 58.8 Å². The number of rotatable bonds is 25. The smallest absolute Gasteiger partial charge is 0.387 e. The molecular formula is C43H58N20O31P5+. The van der Waals surface area contributed by atoms with E-state index in [1.807, 2.05) is 0 Å². The Hall–Kier alpha value is -6.97. The maximum absolute atomic E-state index is 14.3. The number of imidazole rings is 4. The van der Waals surface area contributed by atoms with Crippen molar-refractivity contribution in [1.82, 2.24) is 73.1 Å². The number of aliphatic hydroxyl groups is 5. The number of aromatic nitrogens is 16. The molecule has 4 aliphatic rings. The SMILES string of the molecule is COC1C(OP(=O)(O)OCC2OC(n3cnc4c(=O)[nH]c(N)nc43)C(O)C2OP(=O)(O)OCC2OC(n3cnc4c(=O)[nH]c(N)nc43)C(O)C2O)C(COP(=O)(O)OP(=O)(O)OP(=O)(O)OCC2OC([n+]3cn(C)c4c(=O)[nH]c(N)nc43)C(C)(O)C2O)OC1n1cnc2c(N)ncnc21. The Kier molecular flexibility index (Phi) is 19.2. The van der Waals surface area contributed by atoms with Crippen LogP contribution in [0.5, 0.6) is 0 Å². The number of anilines is 4. The number of nitrogens with two attached hydrogens (primary N) is 4. The average Bonchev–Trinajstić information content (AvgIpc) is 1.60. The van der Waals surface area contributed by atoms with Gasteiger partial charge in [0.2, 0.25) is 23.6 Å². The highest BCUT2D eigenvalue weighted by molar-refractivity contribution is 7.66. The van der Waals surface area contributed by atoms with E-state index < -0.39 is 186 Å². The maximum Gasteiger partial charge on any atom is 0.490 e. The molecule has 8 aromatic heterocycles. The summed E-state index contributed by atoms with van der Waals surface area (Å²) in [6.45, 7) is -3.91. The van der Waals surface area contributed by atoms with E-state index >= 15 is 0 Å². The van der Waals surface area contributed by atoms with Gasteiger partial charge in [-0.15, -0.1) is 0 Å². The quantitative estimate of drug-likeness (QED) is 0.0187. The molecule has 0 saturated carbocycles. The van der Waals surface area contributed by atoms with Crippen LogP contribution in [0.3, 0.4) is 0 Å². The Morgan fingerprint density at radius 1 is 0.556 bits per heavy atom. The van der Waals surface area contributed by atoms with Crippen LogP contribution in [0, 0.1) is 0 Å². The van der Waals surface area contributed by atoms with E-state index in [1.165, 1.54) is 17.9 Å². The van der Waals surface area contributed by atoms with Gasteiger partial charge < -0.3 is 96.6 Å². The summed E-state index contributed by atoms with van der Waals surface area (Å²) in [5.41, 5.74) is 17.1. The maximum atomic E-state index is 14.3. The molecule has 21 N–H and O–H groups in total. The lowest BCUT2D eigenvalue weighted by atomic mass is 9.96. The second kappa shape index (κ2) is 26.4. The van der Waals surface area contributed by atoms with Crippen LogP contribution in [0.25, 0.3) is 44.7 Å². The molecule has 12 rings (SSSR count). The molecular weight excluding hydrogens is 1450 g/mol. The fourth-order valence-electron chi connectivity index (χ4n) is 11.2. The number of nitrogens with one attached hydrogen (secondary N) is 3. The molecule has 99 heavy (non-hydrogen) atoms. The molecule has 0 aromatic carbocycles. The van der Waals surface area contributed by atoms with Crippen LogP contribution in [-0.4, -0.2) is 229 Å². The molecule has 0 bridgehead atoms. The summed E-state index contributed by atoms with van der Waals surface area (Å²) in [4.78, 5) is 131. The summed E-state index contributed by atoms with van der Waals surface area (Å²) >= 11 is 0. The summed E-state index contributed by atoms with van der Waals surface area (Å²) < 4.78 is 142. The van der Waals surface area contributed by atoms with Crippen LogP contribution in [0.2, 0.25) is 0 Å². The van der Waals surface area contributed by atoms with Gasteiger partial charge >= 0.3 is 44.8 Å². The Morgan fingerprint density at radius 3 is 1.60 bits per heavy atom. The number of aliphatic hydroxyl groups excluding tert-OH is 4. The number of fused-ring (bicyclic) bond motifs is 4. The standard InChI is InChI=1S/C43H57N20O31P5/c1-43(71)27(67)16(90-39(43)63-12-59(2)20-32(63)55-42(47)58-35(20)70)7-86-98(78,79)94-99(80,81)93-97(76,77)85-6-15-25(26(82-3)38(89-15)60-9-50-17-28(44)48-8-49-29(17)60)92-96(74,75)84-5-14-24(23(66)37(88-14)62-11-52-19-31(62)54-41(46)57-34(19)69)91-95(72,73)83-4-13-21(64)22(65)36(87-13)61-10-51-18-30(61)53-40(45)56-33(18)68/h8-16,21-27,36-39,64-67,71H,4-7H2,1-3H3,(H15-,44,45,46,47,48,49,53,54,55,56,57,58,68,69,70,72,73,74,75,76,77,78,79,80,81)/p+1. The van der Waals surface area contributed by atoms with Gasteiger partial charge in [-0.05, 0) is 6.92 Å². The van der Waals surface area contributed by atoms with Crippen LogP contribution in [0.15, 0.2) is 46.0 Å². The third kappa shape index (κ3) is 14.1. The van der Waals surface area contributed by atoms with Gasteiger partial charge in [0.1, 0.15) is 84.6 Å². The van der Waals surface area contributed by atoms with Crippen LogP contribution in [0.1, 0.15) is 31.8 Å². The molecule has 0 amide bonds. The fraction of sp³-hybridized carbons (Fsp3) is 0.535. The third-order valence-electron chi connectivity index (χ3n) is 15.6. The Bertz CT molecular complexity index is 4880. The number of nitrogens with zero attached hydrogens (tertiary/aromatic N) is 13. The van der Waals surface area contributed by atoms with Gasteiger partial charge in [0.05, 0.1) is 52.5 Å². The first kappa shape index (κ1) is 71.8. The molecule has 4 saturated heterocycles. The Morgan fingerprint density at radius 2 is 1.02 bits per heavy atom. The molecule has 540 valence electrons. The van der Waals surface area contributed by atoms with Crippen molar-refractivity contribution in [3.05, 3.63) is 62.7 Å². The third-order valence-corrected chi connectivity index (χ3v) is 21.9. The normalized spacial score (nSPS) is 31.3. The molecule has 0 aliphatic carbocycles. The van der Waals surface area contributed by atoms with E-state index in [2.05, 4.69) is 63.4 Å². The van der Waals surface area contributed by atoms with Crippen molar-refractivity contribution in [3.8, 4) is 0 Å². The summed E-state index contributed by atoms with van der Waals surface area (Å²) in [6, 6.07) is 0. The highest BCUT2D eigenvalue weighted by Crippen LogP contribution is 2.68. The summed E-state index contributed by atoms with van der Waals surface area (Å²) in [5.74, 6) is -1.32. The molecule has 12 heterocycles. The van der Waals surface area contributed by atoms with Crippen molar-refractivity contribution in [1.29, 1.82) is 0 Å². The zero-order chi connectivity index (χ0) is 71.5. The van der Waals surface area contributed by atoms with Crippen LogP contribution < -0.4 is 44.2 Å². The molecule has 56 heteroatoms. The summed E-state index contributed by atoms with van der Waals surface area (Å²) in [6.07, 6.45) is -22.8. The molecule has 4 aliphatic heterocycles. The first-order valence-corrected chi connectivity index (χ1v) is 35.6. The molecule has 21 unspecified atom stereocenters. The first-order chi connectivity index (χ1) is 46.4. The van der Waals surface area contributed by atoms with E-state index in [-0.39, 0.29) is 62.4 Å². The Balaban J connectivity index is 0.742. The van der Waals surface area contributed by atoms with Gasteiger partial charge in [-0.1, -0.05) is 4.98 Å². The largest absolute Gasteiger partial charge is 0.490 e. The number of phosphoric ester groups is 4. The Labute approximate surface area is 546 Å². The number of ether oxygens (including phenoxy) is 5. The highest BCUT2D eigenvalue weighted by Gasteiger charge is 2.58.